The van der Waals surface area contributed by atoms with Gasteiger partial charge >= 0.3 is 0 Å². The lowest BCUT2D eigenvalue weighted by atomic mass is 10.1. The molecule has 6 aromatic rings. The molecule has 0 amide bonds. The summed E-state index contributed by atoms with van der Waals surface area (Å²) in [6, 6.07) is 31.4. The lowest BCUT2D eigenvalue weighted by molar-refractivity contribution is 0.179. The molecular weight excluding hydrogens is 771 g/mol. The van der Waals surface area contributed by atoms with E-state index in [0.717, 1.165) is 5.69 Å². The number of para-hydroxylation sites is 1. The van der Waals surface area contributed by atoms with E-state index in [-0.39, 0.29) is 27.5 Å². The number of fused-ring (bicyclic) bond motifs is 1. The number of azo groups is 2. The number of ether oxygens (including phenoxy) is 3. The third kappa shape index (κ3) is 9.98. The smallest absolute Gasteiger partial charge is 0.296 e. The average molecular weight is 808 g/mol. The fraction of sp³-hybridized carbons (Fsp3) is 0.122. The molecule has 0 fully saturated rings. The normalized spacial score (nSPS) is 11.9. The fourth-order valence-electron chi connectivity index (χ4n) is 5.63. The minimum Gasteiger partial charge on any atom is -0.505 e. The molecule has 0 aliphatic heterocycles. The average Bonchev–Trinajstić information content (AvgIpc) is 3.19. The highest BCUT2D eigenvalue weighted by Crippen LogP contribution is 2.43. The first-order valence-electron chi connectivity index (χ1n) is 17.2. The second-order valence-corrected chi connectivity index (χ2v) is 15.8. The van der Waals surface area contributed by atoms with Crippen LogP contribution in [0.2, 0.25) is 0 Å². The molecule has 0 radical (unpaired) electrons. The predicted molar refractivity (Wildman–Crippen MR) is 217 cm³/mol. The Morgan fingerprint density at radius 3 is 2.18 bits per heavy atom. The Morgan fingerprint density at radius 2 is 1.49 bits per heavy atom. The molecule has 6 rings (SSSR count). The quantitative estimate of drug-likeness (QED) is 0.0366. The number of phenols is 1. The summed E-state index contributed by atoms with van der Waals surface area (Å²) in [6.45, 7) is 5.88. The van der Waals surface area contributed by atoms with Crippen molar-refractivity contribution in [2.75, 3.05) is 25.6 Å². The molecule has 0 saturated carbocycles. The molecule has 6 aromatic carbocycles. The third-order valence-corrected chi connectivity index (χ3v) is 11.1. The SMILES string of the molecule is C=COCCOc1ccc(CS(=O)(=O)c2ccc(N=Nc3cc(OC)c(N=Nc4c(S(=O)(=O)O)cc5cc(Nc6ccccc6)ccc5c4O)cc3C)cc2)cc1. The number of methoxy groups -OCH3 is 1. The molecule has 0 saturated heterocycles. The Bertz CT molecular complexity index is 2690. The zero-order valence-corrected chi connectivity index (χ0v) is 32.4. The van der Waals surface area contributed by atoms with Gasteiger partial charge in [0.2, 0.25) is 0 Å². The van der Waals surface area contributed by atoms with Gasteiger partial charge in [-0.25, -0.2) is 8.42 Å². The number of phenolic OH excluding ortho intramolecular Hbond substituents is 1. The van der Waals surface area contributed by atoms with E-state index in [4.69, 9.17) is 14.2 Å². The van der Waals surface area contributed by atoms with Crippen LogP contribution in [0.25, 0.3) is 10.8 Å². The molecule has 57 heavy (non-hydrogen) atoms. The van der Waals surface area contributed by atoms with Crippen LogP contribution < -0.4 is 14.8 Å². The molecule has 0 aromatic heterocycles. The molecular formula is C41H37N5O9S2. The first kappa shape index (κ1) is 40.1. The van der Waals surface area contributed by atoms with E-state index < -0.39 is 36.3 Å². The molecule has 0 bridgehead atoms. The van der Waals surface area contributed by atoms with Crippen LogP contribution in [0.4, 0.5) is 34.1 Å². The van der Waals surface area contributed by atoms with Gasteiger partial charge in [0, 0.05) is 22.8 Å². The molecule has 3 N–H and O–H groups in total. The van der Waals surface area contributed by atoms with Crippen molar-refractivity contribution in [3.05, 3.63) is 139 Å². The number of hydrogen-bond acceptors (Lipinski definition) is 13. The first-order valence-corrected chi connectivity index (χ1v) is 20.3. The van der Waals surface area contributed by atoms with Crippen molar-refractivity contribution in [3.63, 3.8) is 0 Å². The van der Waals surface area contributed by atoms with Crippen molar-refractivity contribution >= 4 is 64.9 Å². The van der Waals surface area contributed by atoms with E-state index in [1.807, 2.05) is 30.3 Å². The van der Waals surface area contributed by atoms with Crippen molar-refractivity contribution in [1.82, 2.24) is 0 Å². The molecule has 0 atom stereocenters. The van der Waals surface area contributed by atoms with Crippen LogP contribution in [-0.2, 0) is 30.4 Å². The minimum atomic E-state index is -4.85. The molecule has 292 valence electrons. The van der Waals surface area contributed by atoms with Crippen LogP contribution in [0.1, 0.15) is 11.1 Å². The number of nitrogens with zero attached hydrogens (tertiary/aromatic N) is 4. The van der Waals surface area contributed by atoms with Gasteiger partial charge in [0.1, 0.15) is 41.0 Å². The van der Waals surface area contributed by atoms with Gasteiger partial charge in [0.25, 0.3) is 10.1 Å². The van der Waals surface area contributed by atoms with E-state index in [2.05, 4.69) is 32.4 Å². The Balaban J connectivity index is 1.18. The monoisotopic (exact) mass is 807 g/mol. The summed E-state index contributed by atoms with van der Waals surface area (Å²) in [7, 11) is -7.12. The zero-order valence-electron chi connectivity index (χ0n) is 30.7. The second-order valence-electron chi connectivity index (χ2n) is 12.5. The van der Waals surface area contributed by atoms with Gasteiger partial charge in [-0.3, -0.25) is 4.55 Å². The number of aromatic hydroxyl groups is 1. The van der Waals surface area contributed by atoms with Crippen LogP contribution in [0.5, 0.6) is 17.2 Å². The summed E-state index contributed by atoms with van der Waals surface area (Å²) in [5, 5.41) is 31.8. The number of aryl methyl sites for hydroxylation is 1. The largest absolute Gasteiger partial charge is 0.505 e. The maximum absolute atomic E-state index is 13.1. The molecule has 0 aliphatic rings. The standard InChI is InChI=1S/C41H37N5O9S2/c1-4-54-20-21-55-33-15-10-28(11-16-33)26-56(48,49)34-17-12-31(13-18-34)43-44-36-25-38(53-3)37(22-27(36)2)45-46-40-39(57(50,51)52)24-29-23-32(14-19-35(29)41(40)47)42-30-8-6-5-7-9-30/h4-19,22-25,42,47H,1,20-21,26H2,2-3H3,(H,50,51,52). The zero-order chi connectivity index (χ0) is 40.6. The Kier molecular flexibility index (Phi) is 12.3. The molecule has 14 nitrogen and oxygen atoms in total. The van der Waals surface area contributed by atoms with Gasteiger partial charge in [0.15, 0.2) is 15.6 Å². The number of nitrogens with one attached hydrogen (secondary N) is 1. The third-order valence-electron chi connectivity index (χ3n) is 8.48. The summed E-state index contributed by atoms with van der Waals surface area (Å²) >= 11 is 0. The number of sulfone groups is 1. The van der Waals surface area contributed by atoms with E-state index in [1.165, 1.54) is 43.7 Å². The number of anilines is 2. The number of rotatable bonds is 16. The summed E-state index contributed by atoms with van der Waals surface area (Å²) in [4.78, 5) is -0.519. The van der Waals surface area contributed by atoms with Gasteiger partial charge in [0.05, 0.1) is 35.4 Å². The Hall–Kier alpha value is -6.62. The highest BCUT2D eigenvalue weighted by Gasteiger charge is 2.23. The summed E-state index contributed by atoms with van der Waals surface area (Å²) in [5.41, 5.74) is 3.11. The number of hydrogen-bond donors (Lipinski definition) is 3. The van der Waals surface area contributed by atoms with Crippen LogP contribution in [0, 0.1) is 6.92 Å². The minimum absolute atomic E-state index is 0.121. The van der Waals surface area contributed by atoms with Crippen LogP contribution in [0.3, 0.4) is 0 Å². The molecule has 0 unspecified atom stereocenters. The molecule has 0 aliphatic carbocycles. The van der Waals surface area contributed by atoms with Gasteiger partial charge < -0.3 is 24.6 Å². The fourth-order valence-corrected chi connectivity index (χ4v) is 7.64. The van der Waals surface area contributed by atoms with Crippen molar-refractivity contribution in [1.29, 1.82) is 0 Å². The number of benzene rings is 6. The van der Waals surface area contributed by atoms with Gasteiger partial charge in [-0.1, -0.05) is 36.9 Å². The van der Waals surface area contributed by atoms with Crippen molar-refractivity contribution in [3.8, 4) is 17.2 Å². The van der Waals surface area contributed by atoms with Crippen molar-refractivity contribution in [2.45, 2.75) is 22.5 Å². The van der Waals surface area contributed by atoms with Gasteiger partial charge in [-0.2, -0.15) is 18.6 Å². The lowest BCUT2D eigenvalue weighted by Crippen LogP contribution is -2.06. The molecule has 0 heterocycles. The second kappa shape index (κ2) is 17.5. The summed E-state index contributed by atoms with van der Waals surface area (Å²) in [6.07, 6.45) is 1.33. The Labute approximate surface area is 329 Å². The van der Waals surface area contributed by atoms with Gasteiger partial charge in [-0.15, -0.1) is 10.2 Å². The van der Waals surface area contributed by atoms with E-state index in [9.17, 15) is 26.5 Å². The van der Waals surface area contributed by atoms with Crippen molar-refractivity contribution < 1.29 is 40.7 Å². The maximum atomic E-state index is 13.1. The molecule has 0 spiro atoms. The highest BCUT2D eigenvalue weighted by atomic mass is 32.2. The molecule has 16 heteroatoms. The summed E-state index contributed by atoms with van der Waals surface area (Å²) < 4.78 is 77.4. The van der Waals surface area contributed by atoms with E-state index in [0.29, 0.717) is 52.5 Å². The topological polar surface area (TPSA) is 198 Å². The Morgan fingerprint density at radius 1 is 0.772 bits per heavy atom. The van der Waals surface area contributed by atoms with Crippen LogP contribution in [0.15, 0.2) is 158 Å². The first-order chi connectivity index (χ1) is 27.3. The van der Waals surface area contributed by atoms with Crippen LogP contribution >= 0.6 is 0 Å². The predicted octanol–water partition coefficient (Wildman–Crippen LogP) is 10.2. The van der Waals surface area contributed by atoms with Crippen LogP contribution in [-0.4, -0.2) is 46.8 Å². The maximum Gasteiger partial charge on any atom is 0.296 e. The van der Waals surface area contributed by atoms with E-state index in [1.54, 1.807) is 61.5 Å². The summed E-state index contributed by atoms with van der Waals surface area (Å²) in [5.74, 6) is 0.0853. The van der Waals surface area contributed by atoms with E-state index >= 15 is 0 Å². The van der Waals surface area contributed by atoms with Gasteiger partial charge in [-0.05, 0) is 102 Å². The highest BCUT2D eigenvalue weighted by molar-refractivity contribution is 7.90. The lowest BCUT2D eigenvalue weighted by Gasteiger charge is -2.12. The van der Waals surface area contributed by atoms with Crippen molar-refractivity contribution in [2.24, 2.45) is 20.5 Å².